The molecule has 2 fully saturated rings. The molecule has 0 aromatic rings. The third-order valence-electron chi connectivity index (χ3n) is 4.07. The molecular weight excluding hydrogens is 164 g/mol. The number of carbonyl (C=O) groups is 1. The second-order valence-corrected chi connectivity index (χ2v) is 4.90. The van der Waals surface area contributed by atoms with Crippen molar-refractivity contribution in [1.29, 1.82) is 0 Å². The fourth-order valence-electron chi connectivity index (χ4n) is 3.07. The number of aliphatic hydroxyl groups is 1. The lowest BCUT2D eigenvalue weighted by molar-refractivity contribution is -0.134. The average Bonchev–Trinajstić information content (AvgIpc) is 2.07. The molecule has 2 aliphatic carbocycles. The lowest BCUT2D eigenvalue weighted by atomic mass is 9.59. The van der Waals surface area contributed by atoms with E-state index in [1.165, 1.54) is 6.42 Å². The molecule has 2 aliphatic rings. The average molecular weight is 182 g/mol. The Balaban J connectivity index is 2.20. The monoisotopic (exact) mass is 182 g/mol. The highest BCUT2D eigenvalue weighted by atomic mass is 16.3. The van der Waals surface area contributed by atoms with E-state index in [1.807, 2.05) is 0 Å². The molecule has 0 heterocycles. The molecule has 2 heteroatoms. The van der Waals surface area contributed by atoms with Crippen molar-refractivity contribution in [1.82, 2.24) is 0 Å². The number of rotatable bonds is 0. The first-order chi connectivity index (χ1) is 6.13. The van der Waals surface area contributed by atoms with Crippen molar-refractivity contribution in [2.75, 3.05) is 0 Å². The first kappa shape index (κ1) is 9.20. The van der Waals surface area contributed by atoms with Gasteiger partial charge in [0, 0.05) is 18.3 Å². The fourth-order valence-corrected chi connectivity index (χ4v) is 3.07. The van der Waals surface area contributed by atoms with E-state index in [4.69, 9.17) is 0 Å². The van der Waals surface area contributed by atoms with Crippen LogP contribution in [0.15, 0.2) is 0 Å². The van der Waals surface area contributed by atoms with E-state index in [9.17, 15) is 9.90 Å². The van der Waals surface area contributed by atoms with E-state index in [0.717, 1.165) is 25.7 Å². The van der Waals surface area contributed by atoms with Gasteiger partial charge >= 0.3 is 0 Å². The summed E-state index contributed by atoms with van der Waals surface area (Å²) in [4.78, 5) is 11.4. The molecule has 2 saturated carbocycles. The molecule has 0 radical (unpaired) electrons. The molecule has 0 amide bonds. The third-order valence-corrected chi connectivity index (χ3v) is 4.07. The van der Waals surface area contributed by atoms with Crippen molar-refractivity contribution >= 4 is 5.78 Å². The predicted octanol–water partition coefficient (Wildman–Crippen LogP) is 1.91. The van der Waals surface area contributed by atoms with Crippen LogP contribution in [-0.2, 0) is 4.79 Å². The van der Waals surface area contributed by atoms with Crippen LogP contribution in [0.3, 0.4) is 0 Å². The molecule has 74 valence electrons. The van der Waals surface area contributed by atoms with E-state index in [2.05, 4.69) is 6.92 Å². The Morgan fingerprint density at radius 3 is 2.92 bits per heavy atom. The minimum absolute atomic E-state index is 0.0897. The maximum atomic E-state index is 11.4. The van der Waals surface area contributed by atoms with E-state index < -0.39 is 0 Å². The highest BCUT2D eigenvalue weighted by Gasteiger charge is 2.46. The molecular formula is C11H18O2. The van der Waals surface area contributed by atoms with Crippen LogP contribution in [0.25, 0.3) is 0 Å². The first-order valence-corrected chi connectivity index (χ1v) is 5.33. The third kappa shape index (κ3) is 1.41. The van der Waals surface area contributed by atoms with Crippen LogP contribution in [0.4, 0.5) is 0 Å². The molecule has 0 aromatic carbocycles. The zero-order chi connectivity index (χ0) is 9.47. The first-order valence-electron chi connectivity index (χ1n) is 5.33. The minimum Gasteiger partial charge on any atom is -0.393 e. The molecule has 1 N–H and O–H groups in total. The van der Waals surface area contributed by atoms with Gasteiger partial charge in [0.1, 0.15) is 5.78 Å². The normalized spacial score (nSPS) is 45.8. The Morgan fingerprint density at radius 1 is 1.38 bits per heavy atom. The summed E-state index contributed by atoms with van der Waals surface area (Å²) in [6.07, 6.45) is 5.35. The van der Waals surface area contributed by atoms with Gasteiger partial charge in [-0.05, 0) is 25.2 Å². The van der Waals surface area contributed by atoms with Crippen LogP contribution in [0.2, 0.25) is 0 Å². The number of hydrogen-bond donors (Lipinski definition) is 1. The zero-order valence-electron chi connectivity index (χ0n) is 8.25. The molecule has 0 bridgehead atoms. The molecule has 0 spiro atoms. The highest BCUT2D eigenvalue weighted by molar-refractivity contribution is 5.80. The summed E-state index contributed by atoms with van der Waals surface area (Å²) < 4.78 is 0. The van der Waals surface area contributed by atoms with Crippen molar-refractivity contribution in [3.05, 3.63) is 0 Å². The van der Waals surface area contributed by atoms with Crippen molar-refractivity contribution in [2.24, 2.45) is 11.3 Å². The topological polar surface area (TPSA) is 37.3 Å². The lowest BCUT2D eigenvalue weighted by Crippen LogP contribution is -2.46. The Labute approximate surface area is 79.3 Å². The number of Topliss-reactive ketones (excluding diaryl/α,β-unsaturated/α-hetero) is 1. The number of ketones is 1. The molecule has 2 rings (SSSR count). The minimum atomic E-state index is -0.240. The molecule has 0 saturated heterocycles. The Hall–Kier alpha value is -0.370. The van der Waals surface area contributed by atoms with Gasteiger partial charge in [0.05, 0.1) is 6.10 Å². The summed E-state index contributed by atoms with van der Waals surface area (Å²) in [5, 5.41) is 9.93. The Morgan fingerprint density at radius 2 is 2.15 bits per heavy atom. The summed E-state index contributed by atoms with van der Waals surface area (Å²) >= 11 is 0. The second-order valence-electron chi connectivity index (χ2n) is 4.90. The number of hydrogen-bond acceptors (Lipinski definition) is 2. The maximum absolute atomic E-state index is 11.4. The number of aliphatic hydroxyl groups excluding tert-OH is 1. The Bertz CT molecular complexity index is 224. The summed E-state index contributed by atoms with van der Waals surface area (Å²) in [6, 6.07) is 0. The predicted molar refractivity (Wildman–Crippen MR) is 50.3 cm³/mol. The van der Waals surface area contributed by atoms with Gasteiger partial charge in [-0.1, -0.05) is 13.3 Å². The van der Waals surface area contributed by atoms with E-state index in [0.29, 0.717) is 18.1 Å². The van der Waals surface area contributed by atoms with Gasteiger partial charge in [0.2, 0.25) is 0 Å². The summed E-state index contributed by atoms with van der Waals surface area (Å²) in [5.41, 5.74) is -0.0897. The molecule has 13 heavy (non-hydrogen) atoms. The molecule has 0 aromatic heterocycles. The lowest BCUT2D eigenvalue weighted by Gasteiger charge is -2.47. The standard InChI is InChI=1S/C11H18O2/c1-11-7-9(12)6-5-8(11)3-2-4-10(11)13/h8,10,13H,2-7H2,1H3. The SMILES string of the molecule is CC12CC(=O)CCC1CCCC2O. The number of carbonyl (C=O) groups excluding carboxylic acids is 1. The van der Waals surface area contributed by atoms with Crippen LogP contribution in [0.1, 0.15) is 45.4 Å². The van der Waals surface area contributed by atoms with Crippen LogP contribution < -0.4 is 0 Å². The molecule has 2 nitrogen and oxygen atoms in total. The van der Waals surface area contributed by atoms with Crippen molar-refractivity contribution < 1.29 is 9.90 Å². The molecule has 0 aliphatic heterocycles. The second kappa shape index (κ2) is 3.09. The van der Waals surface area contributed by atoms with Gasteiger partial charge in [0.15, 0.2) is 0 Å². The quantitative estimate of drug-likeness (QED) is 0.621. The van der Waals surface area contributed by atoms with Gasteiger partial charge in [-0.2, -0.15) is 0 Å². The fraction of sp³-hybridized carbons (Fsp3) is 0.909. The van der Waals surface area contributed by atoms with Gasteiger partial charge in [0.25, 0.3) is 0 Å². The Kier molecular flexibility index (Phi) is 2.18. The summed E-state index contributed by atoms with van der Waals surface area (Å²) in [7, 11) is 0. The van der Waals surface area contributed by atoms with Crippen molar-refractivity contribution in [3.8, 4) is 0 Å². The van der Waals surface area contributed by atoms with E-state index in [1.54, 1.807) is 0 Å². The molecule has 3 unspecified atom stereocenters. The largest absolute Gasteiger partial charge is 0.393 e. The molecule has 3 atom stereocenters. The summed E-state index contributed by atoms with van der Waals surface area (Å²) in [6.45, 7) is 2.10. The van der Waals surface area contributed by atoms with E-state index >= 15 is 0 Å². The maximum Gasteiger partial charge on any atom is 0.133 e. The van der Waals surface area contributed by atoms with Gasteiger partial charge in [-0.15, -0.1) is 0 Å². The van der Waals surface area contributed by atoms with Gasteiger partial charge < -0.3 is 5.11 Å². The van der Waals surface area contributed by atoms with Crippen LogP contribution in [-0.4, -0.2) is 17.0 Å². The van der Waals surface area contributed by atoms with Crippen LogP contribution in [0.5, 0.6) is 0 Å². The van der Waals surface area contributed by atoms with Crippen LogP contribution in [0, 0.1) is 11.3 Å². The smallest absolute Gasteiger partial charge is 0.133 e. The van der Waals surface area contributed by atoms with Gasteiger partial charge in [-0.3, -0.25) is 4.79 Å². The van der Waals surface area contributed by atoms with Crippen molar-refractivity contribution in [2.45, 2.75) is 51.6 Å². The van der Waals surface area contributed by atoms with Crippen molar-refractivity contribution in [3.63, 3.8) is 0 Å². The van der Waals surface area contributed by atoms with Gasteiger partial charge in [-0.25, -0.2) is 0 Å². The van der Waals surface area contributed by atoms with Crippen LogP contribution >= 0.6 is 0 Å². The number of fused-ring (bicyclic) bond motifs is 1. The summed E-state index contributed by atoms with van der Waals surface area (Å²) in [5.74, 6) is 0.939. The highest BCUT2D eigenvalue weighted by Crippen LogP contribution is 2.48. The van der Waals surface area contributed by atoms with E-state index in [-0.39, 0.29) is 11.5 Å². The zero-order valence-corrected chi connectivity index (χ0v) is 8.25.